The first-order valence-corrected chi connectivity index (χ1v) is 7.83. The zero-order valence-electron chi connectivity index (χ0n) is 12.1. The van der Waals surface area contributed by atoms with Crippen LogP contribution in [0.15, 0.2) is 30.3 Å². The van der Waals surface area contributed by atoms with Gasteiger partial charge in [-0.2, -0.15) is 0 Å². The summed E-state index contributed by atoms with van der Waals surface area (Å²) < 4.78 is 0. The van der Waals surface area contributed by atoms with Gasteiger partial charge in [0.1, 0.15) is 0 Å². The number of ketones is 1. The lowest BCUT2D eigenvalue weighted by Crippen LogP contribution is -2.36. The molecule has 1 unspecified atom stereocenters. The van der Waals surface area contributed by atoms with E-state index in [1.165, 1.54) is 32.4 Å². The van der Waals surface area contributed by atoms with Gasteiger partial charge in [-0.25, -0.2) is 0 Å². The van der Waals surface area contributed by atoms with Crippen molar-refractivity contribution in [3.63, 3.8) is 0 Å². The van der Waals surface area contributed by atoms with Crippen LogP contribution in [-0.4, -0.2) is 54.3 Å². The van der Waals surface area contributed by atoms with E-state index >= 15 is 0 Å². The molecule has 0 saturated carbocycles. The standard InChI is InChI=1S/C17H24N2O/c20-17(12-15-6-2-1-3-7-15)14-18-11-8-16(13-18)19-9-4-5-10-19/h1-3,6-7,16H,4-5,8-14H2. The lowest BCUT2D eigenvalue weighted by atomic mass is 10.1. The second-order valence-electron chi connectivity index (χ2n) is 6.12. The van der Waals surface area contributed by atoms with Gasteiger partial charge in [0.15, 0.2) is 5.78 Å². The van der Waals surface area contributed by atoms with Crippen molar-refractivity contribution in [2.75, 3.05) is 32.7 Å². The number of likely N-dealkylation sites (tertiary alicyclic amines) is 2. The zero-order chi connectivity index (χ0) is 13.8. The molecular formula is C17H24N2O. The predicted octanol–water partition coefficient (Wildman–Crippen LogP) is 1.97. The first-order chi connectivity index (χ1) is 9.81. The molecule has 0 N–H and O–H groups in total. The summed E-state index contributed by atoms with van der Waals surface area (Å²) in [7, 11) is 0. The van der Waals surface area contributed by atoms with Crippen molar-refractivity contribution in [2.45, 2.75) is 31.7 Å². The fourth-order valence-corrected chi connectivity index (χ4v) is 3.49. The molecule has 1 atom stereocenters. The second-order valence-corrected chi connectivity index (χ2v) is 6.12. The Hall–Kier alpha value is -1.19. The van der Waals surface area contributed by atoms with E-state index in [1.807, 2.05) is 30.3 Å². The van der Waals surface area contributed by atoms with E-state index in [2.05, 4.69) is 9.80 Å². The Labute approximate surface area is 121 Å². The highest BCUT2D eigenvalue weighted by Gasteiger charge is 2.29. The van der Waals surface area contributed by atoms with Gasteiger partial charge in [0.2, 0.25) is 0 Å². The molecule has 0 radical (unpaired) electrons. The highest BCUT2D eigenvalue weighted by molar-refractivity contribution is 5.82. The Morgan fingerprint density at radius 2 is 1.85 bits per heavy atom. The van der Waals surface area contributed by atoms with Gasteiger partial charge in [-0.15, -0.1) is 0 Å². The monoisotopic (exact) mass is 272 g/mol. The Kier molecular flexibility index (Phi) is 4.48. The van der Waals surface area contributed by atoms with E-state index in [1.54, 1.807) is 0 Å². The molecule has 3 rings (SSSR count). The first kappa shape index (κ1) is 13.8. The van der Waals surface area contributed by atoms with Crippen molar-refractivity contribution >= 4 is 5.78 Å². The molecule has 0 spiro atoms. The lowest BCUT2D eigenvalue weighted by Gasteiger charge is -2.23. The van der Waals surface area contributed by atoms with Crippen molar-refractivity contribution < 1.29 is 4.79 Å². The number of hydrogen-bond donors (Lipinski definition) is 0. The van der Waals surface area contributed by atoms with Crippen LogP contribution in [0.25, 0.3) is 0 Å². The van der Waals surface area contributed by atoms with E-state index in [0.29, 0.717) is 24.8 Å². The number of hydrogen-bond acceptors (Lipinski definition) is 3. The molecular weight excluding hydrogens is 248 g/mol. The third kappa shape index (κ3) is 3.47. The van der Waals surface area contributed by atoms with Crippen LogP contribution in [0.3, 0.4) is 0 Å². The minimum Gasteiger partial charge on any atom is -0.299 e. The molecule has 2 fully saturated rings. The maximum Gasteiger partial charge on any atom is 0.151 e. The van der Waals surface area contributed by atoms with Crippen molar-refractivity contribution in [1.29, 1.82) is 0 Å². The molecule has 1 aromatic carbocycles. The van der Waals surface area contributed by atoms with E-state index in [4.69, 9.17) is 0 Å². The molecule has 1 aromatic rings. The van der Waals surface area contributed by atoms with Gasteiger partial charge in [-0.05, 0) is 37.9 Å². The molecule has 2 aliphatic heterocycles. The zero-order valence-corrected chi connectivity index (χ0v) is 12.1. The quantitative estimate of drug-likeness (QED) is 0.819. The molecule has 0 amide bonds. The van der Waals surface area contributed by atoms with Crippen molar-refractivity contribution in [1.82, 2.24) is 9.80 Å². The van der Waals surface area contributed by atoms with Gasteiger partial charge in [-0.3, -0.25) is 14.6 Å². The number of nitrogens with zero attached hydrogens (tertiary/aromatic N) is 2. The van der Waals surface area contributed by atoms with Gasteiger partial charge < -0.3 is 0 Å². The summed E-state index contributed by atoms with van der Waals surface area (Å²) in [5.41, 5.74) is 1.13. The number of rotatable bonds is 5. The Bertz CT molecular complexity index is 440. The van der Waals surface area contributed by atoms with Crippen molar-refractivity contribution in [3.8, 4) is 0 Å². The molecule has 20 heavy (non-hydrogen) atoms. The summed E-state index contributed by atoms with van der Waals surface area (Å²) >= 11 is 0. The molecule has 108 valence electrons. The Morgan fingerprint density at radius 3 is 2.60 bits per heavy atom. The van der Waals surface area contributed by atoms with Gasteiger partial charge in [-0.1, -0.05) is 30.3 Å². The second kappa shape index (κ2) is 6.51. The van der Waals surface area contributed by atoms with Crippen molar-refractivity contribution in [3.05, 3.63) is 35.9 Å². The highest BCUT2D eigenvalue weighted by Crippen LogP contribution is 2.20. The minimum absolute atomic E-state index is 0.346. The summed E-state index contributed by atoms with van der Waals surface area (Å²) in [6, 6.07) is 10.8. The molecule has 0 aromatic heterocycles. The predicted molar refractivity (Wildman–Crippen MR) is 80.8 cm³/mol. The molecule has 2 heterocycles. The van der Waals surface area contributed by atoms with Crippen LogP contribution in [0, 0.1) is 0 Å². The smallest absolute Gasteiger partial charge is 0.151 e. The normalized spacial score (nSPS) is 24.3. The number of carbonyl (C=O) groups is 1. The fraction of sp³-hybridized carbons (Fsp3) is 0.588. The van der Waals surface area contributed by atoms with E-state index in [0.717, 1.165) is 18.7 Å². The maximum atomic E-state index is 12.1. The summed E-state index contributed by atoms with van der Waals surface area (Å²) in [5, 5.41) is 0. The summed E-state index contributed by atoms with van der Waals surface area (Å²) in [6.07, 6.45) is 4.51. The summed E-state index contributed by atoms with van der Waals surface area (Å²) in [4.78, 5) is 17.1. The molecule has 0 aliphatic carbocycles. The molecule has 3 nitrogen and oxygen atoms in total. The van der Waals surface area contributed by atoms with Crippen LogP contribution in [0.4, 0.5) is 0 Å². The van der Waals surface area contributed by atoms with Crippen LogP contribution in [0.2, 0.25) is 0 Å². The summed E-state index contributed by atoms with van der Waals surface area (Å²) in [6.45, 7) is 5.31. The SMILES string of the molecule is O=C(Cc1ccccc1)CN1CCC(N2CCCC2)C1. The van der Waals surface area contributed by atoms with Crippen LogP contribution in [-0.2, 0) is 11.2 Å². The van der Waals surface area contributed by atoms with E-state index < -0.39 is 0 Å². The highest BCUT2D eigenvalue weighted by atomic mass is 16.1. The van der Waals surface area contributed by atoms with Gasteiger partial charge in [0, 0.05) is 25.6 Å². The van der Waals surface area contributed by atoms with Gasteiger partial charge in [0.25, 0.3) is 0 Å². The third-order valence-corrected chi connectivity index (χ3v) is 4.55. The van der Waals surface area contributed by atoms with Crippen molar-refractivity contribution in [2.24, 2.45) is 0 Å². The first-order valence-electron chi connectivity index (χ1n) is 7.83. The molecule has 0 bridgehead atoms. The Morgan fingerprint density at radius 1 is 1.10 bits per heavy atom. The molecule has 2 saturated heterocycles. The average Bonchev–Trinajstić information content (AvgIpc) is 3.10. The van der Waals surface area contributed by atoms with Crippen LogP contribution in [0.1, 0.15) is 24.8 Å². The van der Waals surface area contributed by atoms with E-state index in [-0.39, 0.29) is 0 Å². The fourth-order valence-electron chi connectivity index (χ4n) is 3.49. The van der Waals surface area contributed by atoms with Crippen LogP contribution in [0.5, 0.6) is 0 Å². The number of carbonyl (C=O) groups excluding carboxylic acids is 1. The maximum absolute atomic E-state index is 12.1. The number of benzene rings is 1. The minimum atomic E-state index is 0.346. The largest absolute Gasteiger partial charge is 0.299 e. The lowest BCUT2D eigenvalue weighted by molar-refractivity contribution is -0.119. The van der Waals surface area contributed by atoms with Crippen LogP contribution < -0.4 is 0 Å². The topological polar surface area (TPSA) is 23.6 Å². The van der Waals surface area contributed by atoms with E-state index in [9.17, 15) is 4.79 Å². The number of Topliss-reactive ketones (excluding diaryl/α,β-unsaturated/α-hetero) is 1. The Balaban J connectivity index is 1.45. The third-order valence-electron chi connectivity index (χ3n) is 4.55. The van der Waals surface area contributed by atoms with Gasteiger partial charge in [0.05, 0.1) is 6.54 Å². The molecule has 3 heteroatoms. The molecule has 2 aliphatic rings. The van der Waals surface area contributed by atoms with Crippen LogP contribution >= 0.6 is 0 Å². The average molecular weight is 272 g/mol. The summed E-state index contributed by atoms with van der Waals surface area (Å²) in [5.74, 6) is 0.346. The van der Waals surface area contributed by atoms with Gasteiger partial charge >= 0.3 is 0 Å².